The van der Waals surface area contributed by atoms with Crippen LogP contribution in [-0.2, 0) is 0 Å². The normalized spacial score (nSPS) is 10.3. The zero-order valence-electron chi connectivity index (χ0n) is 7.82. The molecule has 0 aliphatic carbocycles. The molecule has 0 aromatic heterocycles. The van der Waals surface area contributed by atoms with E-state index in [1.165, 1.54) is 12.1 Å². The van der Waals surface area contributed by atoms with Crippen LogP contribution in [0.25, 0.3) is 0 Å². The number of halogens is 1. The highest BCUT2D eigenvalue weighted by atomic mass is 19.1. The molecule has 0 radical (unpaired) electrons. The molecule has 0 bridgehead atoms. The Balaban J connectivity index is 3.08. The molecular formula is C8H10FN3O2. The van der Waals surface area contributed by atoms with Gasteiger partial charge in [0.1, 0.15) is 11.5 Å². The van der Waals surface area contributed by atoms with Crippen molar-refractivity contribution in [3.8, 4) is 0 Å². The monoisotopic (exact) mass is 199 g/mol. The third kappa shape index (κ3) is 2.40. The summed E-state index contributed by atoms with van der Waals surface area (Å²) < 4.78 is 12.7. The standard InChI is InChI=1S/C8H10FN3O2/c1-11(2)10-7-4-3-6(9)5-8(7)12(13)14/h3-5,10H,1-2H3. The molecule has 0 heterocycles. The molecule has 0 saturated carbocycles. The summed E-state index contributed by atoms with van der Waals surface area (Å²) in [5, 5.41) is 12.1. The molecule has 0 atom stereocenters. The summed E-state index contributed by atoms with van der Waals surface area (Å²) >= 11 is 0. The highest BCUT2D eigenvalue weighted by molar-refractivity contribution is 5.60. The van der Waals surface area contributed by atoms with Crippen LogP contribution in [0.2, 0.25) is 0 Å². The van der Waals surface area contributed by atoms with Crippen molar-refractivity contribution in [2.24, 2.45) is 0 Å². The quantitative estimate of drug-likeness (QED) is 0.593. The van der Waals surface area contributed by atoms with Gasteiger partial charge in [0, 0.05) is 14.1 Å². The summed E-state index contributed by atoms with van der Waals surface area (Å²) in [7, 11) is 3.38. The Kier molecular flexibility index (Phi) is 2.98. The first-order chi connectivity index (χ1) is 6.50. The Morgan fingerprint density at radius 1 is 1.50 bits per heavy atom. The van der Waals surface area contributed by atoms with Gasteiger partial charge in [0.2, 0.25) is 0 Å². The summed E-state index contributed by atoms with van der Waals surface area (Å²) in [6, 6.07) is 3.37. The van der Waals surface area contributed by atoms with Crippen molar-refractivity contribution in [3.63, 3.8) is 0 Å². The van der Waals surface area contributed by atoms with Crippen molar-refractivity contribution in [2.75, 3.05) is 19.5 Å². The van der Waals surface area contributed by atoms with Crippen LogP contribution in [0, 0.1) is 15.9 Å². The predicted molar refractivity (Wildman–Crippen MR) is 50.4 cm³/mol. The van der Waals surface area contributed by atoms with E-state index in [1.54, 1.807) is 19.1 Å². The first-order valence-corrected chi connectivity index (χ1v) is 3.88. The molecule has 0 amide bonds. The average Bonchev–Trinajstić information content (AvgIpc) is 2.07. The third-order valence-corrected chi connectivity index (χ3v) is 1.50. The van der Waals surface area contributed by atoms with Gasteiger partial charge in [0.05, 0.1) is 11.0 Å². The number of hydrogen-bond acceptors (Lipinski definition) is 4. The van der Waals surface area contributed by atoms with E-state index in [9.17, 15) is 14.5 Å². The molecule has 1 rings (SSSR count). The van der Waals surface area contributed by atoms with Crippen LogP contribution in [0.1, 0.15) is 0 Å². The smallest absolute Gasteiger partial charge is 0.296 e. The van der Waals surface area contributed by atoms with Gasteiger partial charge in [-0.05, 0) is 12.1 Å². The molecule has 0 spiro atoms. The minimum Gasteiger partial charge on any atom is -0.313 e. The number of nitrogens with zero attached hydrogens (tertiary/aromatic N) is 2. The van der Waals surface area contributed by atoms with Crippen LogP contribution in [-0.4, -0.2) is 24.0 Å². The van der Waals surface area contributed by atoms with Gasteiger partial charge in [-0.25, -0.2) is 9.40 Å². The van der Waals surface area contributed by atoms with Crippen LogP contribution >= 0.6 is 0 Å². The summed E-state index contributed by atoms with van der Waals surface area (Å²) in [6.45, 7) is 0. The van der Waals surface area contributed by atoms with Gasteiger partial charge in [0.25, 0.3) is 5.69 Å². The molecule has 14 heavy (non-hydrogen) atoms. The lowest BCUT2D eigenvalue weighted by atomic mass is 10.2. The highest BCUT2D eigenvalue weighted by Crippen LogP contribution is 2.24. The Hall–Kier alpha value is -1.69. The number of anilines is 1. The minimum absolute atomic E-state index is 0.265. The van der Waals surface area contributed by atoms with E-state index in [-0.39, 0.29) is 11.4 Å². The summed E-state index contributed by atoms with van der Waals surface area (Å²) in [4.78, 5) is 9.91. The lowest BCUT2D eigenvalue weighted by molar-refractivity contribution is -0.384. The fraction of sp³-hybridized carbons (Fsp3) is 0.250. The lowest BCUT2D eigenvalue weighted by Crippen LogP contribution is -2.20. The van der Waals surface area contributed by atoms with Gasteiger partial charge >= 0.3 is 0 Å². The van der Waals surface area contributed by atoms with Crippen molar-refractivity contribution >= 4 is 11.4 Å². The molecule has 1 aromatic rings. The Morgan fingerprint density at radius 3 is 2.64 bits per heavy atom. The average molecular weight is 199 g/mol. The van der Waals surface area contributed by atoms with Gasteiger partial charge in [-0.1, -0.05) is 0 Å². The topological polar surface area (TPSA) is 58.4 Å². The molecular weight excluding hydrogens is 189 g/mol. The zero-order valence-corrected chi connectivity index (χ0v) is 7.82. The van der Waals surface area contributed by atoms with Gasteiger partial charge in [-0.15, -0.1) is 0 Å². The van der Waals surface area contributed by atoms with Crippen LogP contribution in [0.5, 0.6) is 0 Å². The minimum atomic E-state index is -0.630. The second-order valence-corrected chi connectivity index (χ2v) is 2.92. The molecule has 5 nitrogen and oxygen atoms in total. The van der Waals surface area contributed by atoms with E-state index in [1.807, 2.05) is 0 Å². The second kappa shape index (κ2) is 4.01. The first kappa shape index (κ1) is 10.4. The van der Waals surface area contributed by atoms with Gasteiger partial charge in [-0.2, -0.15) is 0 Å². The lowest BCUT2D eigenvalue weighted by Gasteiger charge is -2.13. The molecule has 0 unspecified atom stereocenters. The second-order valence-electron chi connectivity index (χ2n) is 2.92. The van der Waals surface area contributed by atoms with Crippen LogP contribution in [0.4, 0.5) is 15.8 Å². The highest BCUT2D eigenvalue weighted by Gasteiger charge is 2.14. The Bertz CT molecular complexity index is 354. The molecule has 0 aliphatic heterocycles. The number of hydrazine groups is 1. The van der Waals surface area contributed by atoms with Crippen molar-refractivity contribution in [3.05, 3.63) is 34.1 Å². The van der Waals surface area contributed by atoms with Crippen molar-refractivity contribution in [2.45, 2.75) is 0 Å². The van der Waals surface area contributed by atoms with Crippen LogP contribution in [0.3, 0.4) is 0 Å². The maximum atomic E-state index is 12.7. The number of rotatable bonds is 3. The van der Waals surface area contributed by atoms with E-state index in [2.05, 4.69) is 5.43 Å². The van der Waals surface area contributed by atoms with Gasteiger partial charge in [-0.3, -0.25) is 10.1 Å². The molecule has 0 saturated heterocycles. The van der Waals surface area contributed by atoms with Crippen molar-refractivity contribution < 1.29 is 9.31 Å². The molecule has 76 valence electrons. The summed E-state index contributed by atoms with van der Waals surface area (Å²) in [5.41, 5.74) is 2.69. The van der Waals surface area contributed by atoms with Crippen LogP contribution in [0.15, 0.2) is 18.2 Å². The SMILES string of the molecule is CN(C)Nc1ccc(F)cc1[N+](=O)[O-]. The predicted octanol–water partition coefficient (Wildman–Crippen LogP) is 1.62. The van der Waals surface area contributed by atoms with E-state index in [0.717, 1.165) is 6.07 Å². The zero-order chi connectivity index (χ0) is 10.7. The number of benzene rings is 1. The van der Waals surface area contributed by atoms with Crippen LogP contribution < -0.4 is 5.43 Å². The van der Waals surface area contributed by atoms with Gasteiger partial charge < -0.3 is 5.43 Å². The molecule has 1 aromatic carbocycles. The molecule has 6 heteroatoms. The van der Waals surface area contributed by atoms with E-state index in [4.69, 9.17) is 0 Å². The Morgan fingerprint density at radius 2 is 2.14 bits per heavy atom. The molecule has 0 fully saturated rings. The number of hydrogen-bond donors (Lipinski definition) is 1. The largest absolute Gasteiger partial charge is 0.313 e. The maximum absolute atomic E-state index is 12.7. The number of nitro groups is 1. The van der Waals surface area contributed by atoms with Crippen molar-refractivity contribution in [1.82, 2.24) is 5.01 Å². The van der Waals surface area contributed by atoms with Crippen molar-refractivity contribution in [1.29, 1.82) is 0 Å². The first-order valence-electron chi connectivity index (χ1n) is 3.88. The maximum Gasteiger partial charge on any atom is 0.296 e. The summed E-state index contributed by atoms with van der Waals surface area (Å²) in [5.74, 6) is -0.624. The van der Waals surface area contributed by atoms with E-state index < -0.39 is 10.7 Å². The Labute approximate surface area is 80.3 Å². The fourth-order valence-corrected chi connectivity index (χ4v) is 0.991. The fourth-order valence-electron chi connectivity index (χ4n) is 0.991. The molecule has 0 aliphatic rings. The number of nitrogens with one attached hydrogen (secondary N) is 1. The van der Waals surface area contributed by atoms with E-state index >= 15 is 0 Å². The number of nitro benzene ring substituents is 1. The summed E-state index contributed by atoms with van der Waals surface area (Å²) in [6.07, 6.45) is 0. The third-order valence-electron chi connectivity index (χ3n) is 1.50. The van der Waals surface area contributed by atoms with E-state index in [0.29, 0.717) is 0 Å². The van der Waals surface area contributed by atoms with Gasteiger partial charge in [0.15, 0.2) is 0 Å². The molecule has 1 N–H and O–H groups in total.